The molecule has 1 aliphatic rings. The van der Waals surface area contributed by atoms with Crippen LogP contribution in [-0.4, -0.2) is 6.03 Å². The van der Waals surface area contributed by atoms with Gasteiger partial charge in [-0.3, -0.25) is 0 Å². The number of nitrogens with one attached hydrogen (secondary N) is 2. The normalized spacial score (nSPS) is 15.1. The topological polar surface area (TPSA) is 63.5 Å². The summed E-state index contributed by atoms with van der Waals surface area (Å²) in [7, 11) is 0. The number of rotatable bonds is 7. The fourth-order valence-electron chi connectivity index (χ4n) is 4.02. The molecule has 1 aliphatic carbocycles. The predicted octanol–water partition coefficient (Wildman–Crippen LogP) is 5.73. The molecule has 156 valence electrons. The minimum atomic E-state index is -0.457. The van der Waals surface area contributed by atoms with Crippen LogP contribution in [0.4, 0.5) is 14.9 Å². The van der Waals surface area contributed by atoms with Gasteiger partial charge >= 0.3 is 6.03 Å². The lowest BCUT2D eigenvalue weighted by molar-refractivity contribution is 0.0930. The molecule has 1 fully saturated rings. The number of halogens is 1. The molecule has 0 aliphatic heterocycles. The van der Waals surface area contributed by atoms with Crippen molar-refractivity contribution in [1.82, 2.24) is 5.32 Å². The summed E-state index contributed by atoms with van der Waals surface area (Å²) in [4.78, 5) is 12.8. The number of carbonyl (C=O) groups is 1. The monoisotopic (exact) mass is 408 g/mol. The highest BCUT2D eigenvalue weighted by molar-refractivity contribution is 5.90. The second-order valence-electron chi connectivity index (χ2n) is 7.65. The summed E-state index contributed by atoms with van der Waals surface area (Å²) in [6, 6.07) is 17.4. The van der Waals surface area contributed by atoms with Crippen LogP contribution in [0.3, 0.4) is 0 Å². The summed E-state index contributed by atoms with van der Waals surface area (Å²) in [5.41, 5.74) is 2.13. The van der Waals surface area contributed by atoms with Gasteiger partial charge in [0.25, 0.3) is 0 Å². The molecule has 6 heteroatoms. The standard InChI is InChI=1S/C24H25FN2O3/c25-20-10-8-19(9-11-20)24(12-1-2-13-24)27-23(28)26-21-6-3-5-18(15-21)16-29-17-22-7-4-14-30-22/h3-11,14-15H,1-2,12-13,16-17H2,(H2,26,27,28). The molecule has 1 saturated carbocycles. The summed E-state index contributed by atoms with van der Waals surface area (Å²) in [6.45, 7) is 0.808. The third-order valence-electron chi connectivity index (χ3n) is 5.48. The number of anilines is 1. The van der Waals surface area contributed by atoms with Crippen LogP contribution in [0.15, 0.2) is 71.3 Å². The van der Waals surface area contributed by atoms with E-state index in [9.17, 15) is 9.18 Å². The van der Waals surface area contributed by atoms with E-state index < -0.39 is 5.54 Å². The van der Waals surface area contributed by atoms with Crippen molar-refractivity contribution in [3.8, 4) is 0 Å². The smallest absolute Gasteiger partial charge is 0.319 e. The molecular weight excluding hydrogens is 383 g/mol. The van der Waals surface area contributed by atoms with Gasteiger partial charge in [-0.05, 0) is 60.4 Å². The molecule has 0 saturated heterocycles. The molecule has 2 aromatic carbocycles. The SMILES string of the molecule is O=C(Nc1cccc(COCc2ccco2)c1)NC1(c2ccc(F)cc2)CCCC1. The first-order valence-corrected chi connectivity index (χ1v) is 10.2. The molecule has 1 aromatic heterocycles. The lowest BCUT2D eigenvalue weighted by atomic mass is 9.88. The van der Waals surface area contributed by atoms with Crippen LogP contribution in [0.2, 0.25) is 0 Å². The fraction of sp³-hybridized carbons (Fsp3) is 0.292. The Morgan fingerprint density at radius 2 is 1.83 bits per heavy atom. The van der Waals surface area contributed by atoms with Crippen molar-refractivity contribution in [3.05, 3.63) is 89.6 Å². The van der Waals surface area contributed by atoms with Crippen molar-refractivity contribution in [2.24, 2.45) is 0 Å². The Bertz CT molecular complexity index is 964. The van der Waals surface area contributed by atoms with Crippen molar-refractivity contribution in [3.63, 3.8) is 0 Å². The minimum Gasteiger partial charge on any atom is -0.467 e. The zero-order valence-electron chi connectivity index (χ0n) is 16.7. The number of furan rings is 1. The van der Waals surface area contributed by atoms with Gasteiger partial charge in [0.1, 0.15) is 18.2 Å². The highest BCUT2D eigenvalue weighted by Gasteiger charge is 2.37. The first-order valence-electron chi connectivity index (χ1n) is 10.2. The summed E-state index contributed by atoms with van der Waals surface area (Å²) < 4.78 is 24.3. The van der Waals surface area contributed by atoms with Crippen LogP contribution in [0, 0.1) is 5.82 Å². The van der Waals surface area contributed by atoms with Crippen LogP contribution in [0.5, 0.6) is 0 Å². The van der Waals surface area contributed by atoms with Crippen molar-refractivity contribution in [2.75, 3.05) is 5.32 Å². The average molecular weight is 408 g/mol. The van der Waals surface area contributed by atoms with Crippen LogP contribution in [-0.2, 0) is 23.5 Å². The van der Waals surface area contributed by atoms with Crippen LogP contribution >= 0.6 is 0 Å². The number of urea groups is 1. The summed E-state index contributed by atoms with van der Waals surface area (Å²) in [5, 5.41) is 6.06. The molecule has 3 aromatic rings. The second-order valence-corrected chi connectivity index (χ2v) is 7.65. The number of hydrogen-bond donors (Lipinski definition) is 2. The summed E-state index contributed by atoms with van der Waals surface area (Å²) in [6.07, 6.45) is 5.35. The minimum absolute atomic E-state index is 0.269. The molecule has 4 rings (SSSR count). The molecule has 0 spiro atoms. The first kappa shape index (κ1) is 20.2. The summed E-state index contributed by atoms with van der Waals surface area (Å²) >= 11 is 0. The van der Waals surface area contributed by atoms with Gasteiger partial charge in [-0.15, -0.1) is 0 Å². The van der Waals surface area contributed by atoms with Crippen molar-refractivity contribution in [1.29, 1.82) is 0 Å². The van der Waals surface area contributed by atoms with E-state index in [1.165, 1.54) is 12.1 Å². The maximum atomic E-state index is 13.3. The quantitative estimate of drug-likeness (QED) is 0.525. The molecule has 0 bridgehead atoms. The Balaban J connectivity index is 1.37. The maximum Gasteiger partial charge on any atom is 0.319 e. The van der Waals surface area contributed by atoms with E-state index in [0.29, 0.717) is 18.9 Å². The van der Waals surface area contributed by atoms with E-state index >= 15 is 0 Å². The van der Waals surface area contributed by atoms with Gasteiger partial charge in [-0.25, -0.2) is 9.18 Å². The fourth-order valence-corrected chi connectivity index (χ4v) is 4.02. The Hall–Kier alpha value is -3.12. The lowest BCUT2D eigenvalue weighted by Crippen LogP contribution is -2.45. The van der Waals surface area contributed by atoms with E-state index in [-0.39, 0.29) is 11.8 Å². The van der Waals surface area contributed by atoms with E-state index in [1.807, 2.05) is 36.4 Å². The third-order valence-corrected chi connectivity index (χ3v) is 5.48. The van der Waals surface area contributed by atoms with Crippen molar-refractivity contribution >= 4 is 11.7 Å². The Labute approximate surface area is 175 Å². The lowest BCUT2D eigenvalue weighted by Gasteiger charge is -2.31. The van der Waals surface area contributed by atoms with E-state index in [1.54, 1.807) is 18.4 Å². The van der Waals surface area contributed by atoms with Crippen LogP contribution in [0.25, 0.3) is 0 Å². The number of benzene rings is 2. The number of carbonyl (C=O) groups excluding carboxylic acids is 1. The van der Waals surface area contributed by atoms with E-state index in [2.05, 4.69) is 10.6 Å². The number of ether oxygens (including phenoxy) is 1. The van der Waals surface area contributed by atoms with E-state index in [4.69, 9.17) is 9.15 Å². The van der Waals surface area contributed by atoms with Gasteiger partial charge in [-0.1, -0.05) is 37.1 Å². The Kier molecular flexibility index (Phi) is 6.14. The van der Waals surface area contributed by atoms with Gasteiger partial charge in [0.2, 0.25) is 0 Å². The van der Waals surface area contributed by atoms with Gasteiger partial charge in [-0.2, -0.15) is 0 Å². The zero-order chi connectivity index (χ0) is 20.8. The third kappa shape index (κ3) is 4.89. The van der Waals surface area contributed by atoms with Gasteiger partial charge in [0.15, 0.2) is 0 Å². The molecule has 5 nitrogen and oxygen atoms in total. The molecule has 1 heterocycles. The average Bonchev–Trinajstić information content (AvgIpc) is 3.42. The molecular formula is C24H25FN2O3. The van der Waals surface area contributed by atoms with Gasteiger partial charge in [0, 0.05) is 5.69 Å². The Morgan fingerprint density at radius 3 is 2.57 bits per heavy atom. The largest absolute Gasteiger partial charge is 0.467 e. The maximum absolute atomic E-state index is 13.3. The van der Waals surface area contributed by atoms with Crippen LogP contribution < -0.4 is 10.6 Å². The van der Waals surface area contributed by atoms with Gasteiger partial charge in [0.05, 0.1) is 18.4 Å². The Morgan fingerprint density at radius 1 is 1.03 bits per heavy atom. The molecule has 0 atom stereocenters. The van der Waals surface area contributed by atoms with Crippen molar-refractivity contribution < 1.29 is 18.3 Å². The van der Waals surface area contributed by atoms with E-state index in [0.717, 1.165) is 42.6 Å². The molecule has 0 radical (unpaired) electrons. The molecule has 30 heavy (non-hydrogen) atoms. The van der Waals surface area contributed by atoms with Gasteiger partial charge < -0.3 is 19.8 Å². The number of amides is 2. The summed E-state index contributed by atoms with van der Waals surface area (Å²) in [5.74, 6) is 0.494. The predicted molar refractivity (Wildman–Crippen MR) is 112 cm³/mol. The second kappa shape index (κ2) is 9.13. The molecule has 2 amide bonds. The van der Waals surface area contributed by atoms with Crippen LogP contribution in [0.1, 0.15) is 42.6 Å². The highest BCUT2D eigenvalue weighted by Crippen LogP contribution is 2.38. The van der Waals surface area contributed by atoms with Crippen molar-refractivity contribution in [2.45, 2.75) is 44.4 Å². The molecule has 2 N–H and O–H groups in total. The zero-order valence-corrected chi connectivity index (χ0v) is 16.7. The molecule has 0 unspecified atom stereocenters. The number of hydrogen-bond acceptors (Lipinski definition) is 3. The first-order chi connectivity index (χ1) is 14.6. The highest BCUT2D eigenvalue weighted by atomic mass is 19.1.